The number of hydrogen-bond donors (Lipinski definition) is 0. The first kappa shape index (κ1) is 16.8. The molecule has 1 aliphatic carbocycles. The minimum atomic E-state index is 0.523. The van der Waals surface area contributed by atoms with Crippen LogP contribution in [0.1, 0.15) is 45.4 Å². The zero-order chi connectivity index (χ0) is 17.5. The standard InChI is InChI=1S/C22H31N3O/c1-16(14-25-22-5-3-2-4-18(22)12-23-25)13-24-19-8-9-20(24)11-21(10-19)26-15-17-6-7-17/h2-5,12,16-17,19-21H,6-11,13-15H2,1H3/t16?,19-,20+,21?. The Bertz CT molecular complexity index is 739. The highest BCUT2D eigenvalue weighted by Crippen LogP contribution is 2.38. The van der Waals surface area contributed by atoms with Gasteiger partial charge in [-0.05, 0) is 56.4 Å². The summed E-state index contributed by atoms with van der Waals surface area (Å²) in [5.41, 5.74) is 1.26. The third kappa shape index (κ3) is 3.41. The molecule has 0 spiro atoms. The number of ether oxygens (including phenoxy) is 1. The van der Waals surface area contributed by atoms with E-state index in [2.05, 4.69) is 45.9 Å². The molecule has 1 aromatic carbocycles. The maximum Gasteiger partial charge on any atom is 0.0682 e. The van der Waals surface area contributed by atoms with Gasteiger partial charge in [0.15, 0.2) is 0 Å². The SMILES string of the molecule is CC(CN1[C@@H]2CC[C@H]1CC(OCC1CC1)C2)Cn1ncc2ccccc21. The Kier molecular flexibility index (Phi) is 4.49. The van der Waals surface area contributed by atoms with Crippen molar-refractivity contribution in [3.05, 3.63) is 30.5 Å². The van der Waals surface area contributed by atoms with Crippen LogP contribution in [0.4, 0.5) is 0 Å². The average Bonchev–Trinajstić information content (AvgIpc) is 3.36. The molecule has 3 heterocycles. The second kappa shape index (κ2) is 6.97. The summed E-state index contributed by atoms with van der Waals surface area (Å²) < 4.78 is 8.42. The predicted molar refractivity (Wildman–Crippen MR) is 104 cm³/mol. The summed E-state index contributed by atoms with van der Waals surface area (Å²) in [6, 6.07) is 10.0. The first-order valence-corrected chi connectivity index (χ1v) is 10.5. The molecule has 1 aromatic heterocycles. The topological polar surface area (TPSA) is 30.3 Å². The van der Waals surface area contributed by atoms with Crippen molar-refractivity contribution in [1.82, 2.24) is 14.7 Å². The van der Waals surface area contributed by atoms with Crippen molar-refractivity contribution in [3.63, 3.8) is 0 Å². The van der Waals surface area contributed by atoms with Crippen LogP contribution in [0.15, 0.2) is 30.5 Å². The number of rotatable bonds is 7. The lowest BCUT2D eigenvalue weighted by Gasteiger charge is -2.40. The molecule has 2 aromatic rings. The van der Waals surface area contributed by atoms with E-state index in [0.29, 0.717) is 12.0 Å². The molecular weight excluding hydrogens is 322 g/mol. The van der Waals surface area contributed by atoms with E-state index in [4.69, 9.17) is 4.74 Å². The predicted octanol–water partition coefficient (Wildman–Crippen LogP) is 4.09. The van der Waals surface area contributed by atoms with Gasteiger partial charge in [0.1, 0.15) is 0 Å². The lowest BCUT2D eigenvalue weighted by Crippen LogP contribution is -2.47. The fourth-order valence-corrected chi connectivity index (χ4v) is 5.10. The van der Waals surface area contributed by atoms with Gasteiger partial charge in [0, 0.05) is 37.2 Å². The molecule has 2 bridgehead atoms. The molecule has 3 fully saturated rings. The number of fused-ring (bicyclic) bond motifs is 3. The van der Waals surface area contributed by atoms with Crippen LogP contribution in [-0.4, -0.2) is 46.0 Å². The van der Waals surface area contributed by atoms with Crippen molar-refractivity contribution in [3.8, 4) is 0 Å². The molecule has 4 heteroatoms. The Morgan fingerprint density at radius 1 is 1.08 bits per heavy atom. The normalized spacial score (nSPS) is 30.1. The van der Waals surface area contributed by atoms with Crippen LogP contribution in [0.3, 0.4) is 0 Å². The van der Waals surface area contributed by atoms with Gasteiger partial charge < -0.3 is 4.74 Å². The second-order valence-electron chi connectivity index (χ2n) is 8.94. The van der Waals surface area contributed by atoms with Gasteiger partial charge in [0.05, 0.1) is 17.8 Å². The third-order valence-electron chi connectivity index (χ3n) is 6.66. The molecule has 1 saturated carbocycles. The van der Waals surface area contributed by atoms with Crippen LogP contribution >= 0.6 is 0 Å². The fraction of sp³-hybridized carbons (Fsp3) is 0.682. The maximum atomic E-state index is 6.23. The lowest BCUT2D eigenvalue weighted by atomic mass is 9.98. The van der Waals surface area contributed by atoms with Crippen LogP contribution in [0.2, 0.25) is 0 Å². The van der Waals surface area contributed by atoms with Crippen LogP contribution in [0.5, 0.6) is 0 Å². The number of piperidine rings is 1. The highest BCUT2D eigenvalue weighted by Gasteiger charge is 2.41. The Morgan fingerprint density at radius 3 is 2.62 bits per heavy atom. The van der Waals surface area contributed by atoms with E-state index in [9.17, 15) is 0 Å². The van der Waals surface area contributed by atoms with Gasteiger partial charge in [-0.25, -0.2) is 0 Å². The fourth-order valence-electron chi connectivity index (χ4n) is 5.10. The molecule has 3 aliphatic rings. The molecule has 4 nitrogen and oxygen atoms in total. The molecule has 0 N–H and O–H groups in total. The van der Waals surface area contributed by atoms with Crippen molar-refractivity contribution < 1.29 is 4.74 Å². The van der Waals surface area contributed by atoms with E-state index in [1.54, 1.807) is 0 Å². The zero-order valence-electron chi connectivity index (χ0n) is 15.9. The van der Waals surface area contributed by atoms with Gasteiger partial charge in [-0.15, -0.1) is 0 Å². The van der Waals surface area contributed by atoms with Crippen molar-refractivity contribution in [2.75, 3.05) is 13.2 Å². The minimum Gasteiger partial charge on any atom is -0.378 e. The van der Waals surface area contributed by atoms with Gasteiger partial charge in [0.2, 0.25) is 0 Å². The molecule has 4 atom stereocenters. The summed E-state index contributed by atoms with van der Waals surface area (Å²) in [5, 5.41) is 5.86. The van der Waals surface area contributed by atoms with Crippen LogP contribution < -0.4 is 0 Å². The smallest absolute Gasteiger partial charge is 0.0682 e. The Hall–Kier alpha value is -1.39. The summed E-state index contributed by atoms with van der Waals surface area (Å²) in [4.78, 5) is 2.80. The average molecular weight is 354 g/mol. The first-order chi connectivity index (χ1) is 12.8. The van der Waals surface area contributed by atoms with E-state index in [1.807, 2.05) is 6.20 Å². The lowest BCUT2D eigenvalue weighted by molar-refractivity contribution is -0.0276. The quantitative estimate of drug-likeness (QED) is 0.751. The molecule has 2 aliphatic heterocycles. The van der Waals surface area contributed by atoms with Gasteiger partial charge in [0.25, 0.3) is 0 Å². The minimum absolute atomic E-state index is 0.523. The molecule has 0 amide bonds. The molecular formula is C22H31N3O. The van der Waals surface area contributed by atoms with Crippen molar-refractivity contribution >= 4 is 10.9 Å². The highest BCUT2D eigenvalue weighted by molar-refractivity contribution is 5.78. The molecule has 5 rings (SSSR count). The van der Waals surface area contributed by atoms with Crippen molar-refractivity contribution in [1.29, 1.82) is 0 Å². The van der Waals surface area contributed by atoms with Crippen LogP contribution in [-0.2, 0) is 11.3 Å². The van der Waals surface area contributed by atoms with E-state index in [0.717, 1.165) is 31.2 Å². The van der Waals surface area contributed by atoms with E-state index in [-0.39, 0.29) is 0 Å². The summed E-state index contributed by atoms with van der Waals surface area (Å²) >= 11 is 0. The Labute approximate surface area is 156 Å². The van der Waals surface area contributed by atoms with Gasteiger partial charge in [-0.1, -0.05) is 25.1 Å². The molecule has 0 radical (unpaired) electrons. The Morgan fingerprint density at radius 2 is 1.85 bits per heavy atom. The summed E-state index contributed by atoms with van der Waals surface area (Å²) in [6.07, 6.45) is 10.5. The van der Waals surface area contributed by atoms with E-state index >= 15 is 0 Å². The van der Waals surface area contributed by atoms with E-state index < -0.39 is 0 Å². The summed E-state index contributed by atoms with van der Waals surface area (Å²) in [6.45, 7) is 5.60. The van der Waals surface area contributed by atoms with Crippen molar-refractivity contribution in [2.45, 2.75) is 70.2 Å². The number of para-hydroxylation sites is 1. The largest absolute Gasteiger partial charge is 0.378 e. The second-order valence-corrected chi connectivity index (χ2v) is 8.94. The number of hydrogen-bond acceptors (Lipinski definition) is 3. The number of benzene rings is 1. The van der Waals surface area contributed by atoms with Crippen LogP contribution in [0.25, 0.3) is 10.9 Å². The van der Waals surface area contributed by atoms with Gasteiger partial charge in [-0.2, -0.15) is 5.10 Å². The monoisotopic (exact) mass is 353 g/mol. The molecule has 140 valence electrons. The zero-order valence-corrected chi connectivity index (χ0v) is 15.9. The van der Waals surface area contributed by atoms with E-state index in [1.165, 1.54) is 56.0 Å². The summed E-state index contributed by atoms with van der Waals surface area (Å²) in [5.74, 6) is 1.50. The summed E-state index contributed by atoms with van der Waals surface area (Å²) in [7, 11) is 0. The van der Waals surface area contributed by atoms with Gasteiger partial charge in [-0.3, -0.25) is 9.58 Å². The molecule has 2 saturated heterocycles. The highest BCUT2D eigenvalue weighted by atomic mass is 16.5. The van der Waals surface area contributed by atoms with Crippen LogP contribution in [0, 0.1) is 11.8 Å². The maximum absolute atomic E-state index is 6.23. The molecule has 2 unspecified atom stereocenters. The Balaban J connectivity index is 1.18. The van der Waals surface area contributed by atoms with Gasteiger partial charge >= 0.3 is 0 Å². The number of aromatic nitrogens is 2. The third-order valence-corrected chi connectivity index (χ3v) is 6.66. The number of nitrogens with zero attached hydrogens (tertiary/aromatic N) is 3. The molecule has 26 heavy (non-hydrogen) atoms. The first-order valence-electron chi connectivity index (χ1n) is 10.5. The van der Waals surface area contributed by atoms with Crippen molar-refractivity contribution in [2.24, 2.45) is 11.8 Å².